The van der Waals surface area contributed by atoms with Crippen LogP contribution in [0.3, 0.4) is 0 Å². The van der Waals surface area contributed by atoms with Gasteiger partial charge in [0, 0.05) is 12.1 Å². The normalized spacial score (nSPS) is 17.4. The van der Waals surface area contributed by atoms with Gasteiger partial charge in [-0.05, 0) is 79.0 Å². The molecule has 244 valence electrons. The third-order valence-electron chi connectivity index (χ3n) is 6.67. The number of hydrogen-bond donors (Lipinski definition) is 1. The summed E-state index contributed by atoms with van der Waals surface area (Å²) in [5, 5.41) is 6.68. The molecule has 2 aliphatic heterocycles. The number of likely N-dealkylation sites (tertiary alicyclic amines) is 1. The third kappa shape index (κ3) is 11.4. The van der Waals surface area contributed by atoms with Crippen molar-refractivity contribution in [3.8, 4) is 5.75 Å². The van der Waals surface area contributed by atoms with Crippen LogP contribution in [0, 0.1) is 5.82 Å². The Balaban J connectivity index is 1.75. The molecule has 1 aromatic carbocycles. The van der Waals surface area contributed by atoms with Crippen molar-refractivity contribution in [2.24, 2.45) is 15.1 Å². The molecular weight excluding hydrogens is 569 g/mol. The van der Waals surface area contributed by atoms with Crippen molar-refractivity contribution < 1.29 is 33.0 Å². The number of guanidine groups is 1. The molecule has 0 saturated carbocycles. The number of rotatable bonds is 10. The number of nitrogens with zero attached hydrogens (tertiary/aromatic N) is 4. The molecule has 2 amide bonds. The van der Waals surface area contributed by atoms with Crippen molar-refractivity contribution in [1.29, 1.82) is 0 Å². The van der Waals surface area contributed by atoms with Gasteiger partial charge in [0.25, 0.3) is 0 Å². The molecule has 0 bridgehead atoms. The van der Waals surface area contributed by atoms with Gasteiger partial charge in [-0.2, -0.15) is 0 Å². The number of carbonyl (C=O) groups is 2. The SMILES string of the molecule is CCCCCCCCOc1ccc(C2=NOCC([C@@H]3CCCN3/C(=N\C(=O)OC(C)(C)C)NC(=O)OC(C)(C)C)=N2)cc1F. The number of oxime groups is 1. The predicted molar refractivity (Wildman–Crippen MR) is 168 cm³/mol. The second-order valence-corrected chi connectivity index (χ2v) is 12.9. The Labute approximate surface area is 260 Å². The fourth-order valence-electron chi connectivity index (χ4n) is 4.75. The molecule has 0 aliphatic carbocycles. The quantitative estimate of drug-likeness (QED) is 0.171. The summed E-state index contributed by atoms with van der Waals surface area (Å²) in [5.74, 6) is -0.123. The molecular formula is C32H48FN5O6. The van der Waals surface area contributed by atoms with Gasteiger partial charge in [-0.15, -0.1) is 4.99 Å². The van der Waals surface area contributed by atoms with Gasteiger partial charge in [0.05, 0.1) is 18.4 Å². The maximum atomic E-state index is 14.9. The topological polar surface area (TPSA) is 123 Å². The van der Waals surface area contributed by atoms with E-state index >= 15 is 0 Å². The van der Waals surface area contributed by atoms with Crippen molar-refractivity contribution >= 4 is 29.7 Å². The average molecular weight is 618 g/mol. The first-order valence-electron chi connectivity index (χ1n) is 15.5. The van der Waals surface area contributed by atoms with E-state index in [1.165, 1.54) is 25.3 Å². The zero-order valence-corrected chi connectivity index (χ0v) is 27.2. The summed E-state index contributed by atoms with van der Waals surface area (Å²) in [7, 11) is 0. The number of amides is 2. The van der Waals surface area contributed by atoms with E-state index in [0.29, 0.717) is 30.8 Å². The molecule has 2 heterocycles. The van der Waals surface area contributed by atoms with Crippen LogP contribution in [0.5, 0.6) is 5.75 Å². The van der Waals surface area contributed by atoms with E-state index in [0.717, 1.165) is 25.7 Å². The molecule has 11 nitrogen and oxygen atoms in total. The van der Waals surface area contributed by atoms with Crippen LogP contribution in [0.15, 0.2) is 33.3 Å². The lowest BCUT2D eigenvalue weighted by Gasteiger charge is -2.30. The van der Waals surface area contributed by atoms with Crippen LogP contribution >= 0.6 is 0 Å². The van der Waals surface area contributed by atoms with Crippen LogP contribution in [0.2, 0.25) is 0 Å². The van der Waals surface area contributed by atoms with E-state index in [4.69, 9.17) is 24.0 Å². The van der Waals surface area contributed by atoms with Crippen LogP contribution in [0.4, 0.5) is 14.0 Å². The lowest BCUT2D eigenvalue weighted by molar-refractivity contribution is 0.0554. The lowest BCUT2D eigenvalue weighted by atomic mass is 10.1. The highest BCUT2D eigenvalue weighted by Crippen LogP contribution is 2.24. The van der Waals surface area contributed by atoms with Crippen LogP contribution in [-0.4, -0.2) is 71.6 Å². The fourth-order valence-corrected chi connectivity index (χ4v) is 4.75. The van der Waals surface area contributed by atoms with E-state index < -0.39 is 29.2 Å². The summed E-state index contributed by atoms with van der Waals surface area (Å²) >= 11 is 0. The molecule has 1 aromatic rings. The Morgan fingerprint density at radius 1 is 1.07 bits per heavy atom. The largest absolute Gasteiger partial charge is 0.491 e. The van der Waals surface area contributed by atoms with Gasteiger partial charge < -0.3 is 23.9 Å². The maximum Gasteiger partial charge on any atom is 0.437 e. The minimum Gasteiger partial charge on any atom is -0.491 e. The van der Waals surface area contributed by atoms with E-state index in [9.17, 15) is 14.0 Å². The number of alkyl carbamates (subject to hydrolysis) is 1. The third-order valence-corrected chi connectivity index (χ3v) is 6.67. The minimum atomic E-state index is -0.854. The molecule has 44 heavy (non-hydrogen) atoms. The van der Waals surface area contributed by atoms with Gasteiger partial charge in [-0.25, -0.2) is 19.0 Å². The summed E-state index contributed by atoms with van der Waals surface area (Å²) in [5.41, 5.74) is -0.508. The first-order chi connectivity index (χ1) is 20.8. The summed E-state index contributed by atoms with van der Waals surface area (Å²) < 4.78 is 31.4. The highest BCUT2D eigenvalue weighted by molar-refractivity contribution is 6.11. The first-order valence-corrected chi connectivity index (χ1v) is 15.5. The number of halogens is 1. The van der Waals surface area contributed by atoms with E-state index in [1.807, 2.05) is 0 Å². The number of aliphatic imine (C=N–C) groups is 2. The Kier molecular flexibility index (Phi) is 12.5. The molecule has 0 aromatic heterocycles. The Morgan fingerprint density at radius 2 is 1.77 bits per heavy atom. The first kappa shape index (κ1) is 34.8. The van der Waals surface area contributed by atoms with E-state index in [1.54, 1.807) is 58.6 Å². The van der Waals surface area contributed by atoms with E-state index in [2.05, 4.69) is 22.4 Å². The second-order valence-electron chi connectivity index (χ2n) is 12.9. The molecule has 0 spiro atoms. The Bertz CT molecular complexity index is 1230. The molecule has 1 atom stereocenters. The van der Waals surface area contributed by atoms with Crippen LogP contribution in [0.25, 0.3) is 0 Å². The maximum absolute atomic E-state index is 14.9. The molecule has 0 radical (unpaired) electrons. The number of ether oxygens (including phenoxy) is 3. The second kappa shape index (κ2) is 15.9. The minimum absolute atomic E-state index is 0.0133. The standard InChI is InChI=1S/C32H48FN5O6/c1-8-9-10-11-12-13-19-41-26-17-16-22(20-23(26)33)27-34-24(21-42-37-27)25-15-14-18-38(25)28(35-29(39)43-31(2,3)4)36-30(40)44-32(5,6)7/h16-17,20,25H,8-15,18-19,21H2,1-7H3,(H,35,36,39,40)/t25-/m0/s1. The summed E-state index contributed by atoms with van der Waals surface area (Å²) in [6.45, 7) is 13.6. The molecule has 1 saturated heterocycles. The number of nitrogens with one attached hydrogen (secondary N) is 1. The number of hydrogen-bond acceptors (Lipinski definition) is 8. The van der Waals surface area contributed by atoms with Gasteiger partial charge in [0.1, 0.15) is 11.2 Å². The molecule has 1 N–H and O–H groups in total. The Morgan fingerprint density at radius 3 is 2.45 bits per heavy atom. The number of benzene rings is 1. The molecule has 1 fully saturated rings. The monoisotopic (exact) mass is 617 g/mol. The van der Waals surface area contributed by atoms with Crippen LogP contribution < -0.4 is 10.1 Å². The van der Waals surface area contributed by atoms with Crippen molar-refractivity contribution in [1.82, 2.24) is 10.2 Å². The molecule has 12 heteroatoms. The zero-order valence-electron chi connectivity index (χ0n) is 27.2. The van der Waals surface area contributed by atoms with Crippen LogP contribution in [-0.2, 0) is 14.3 Å². The van der Waals surface area contributed by atoms with Crippen molar-refractivity contribution in [2.75, 3.05) is 19.8 Å². The van der Waals surface area contributed by atoms with E-state index in [-0.39, 0.29) is 30.2 Å². The van der Waals surface area contributed by atoms with Crippen molar-refractivity contribution in [3.05, 3.63) is 29.6 Å². The molecule has 0 unspecified atom stereocenters. The summed E-state index contributed by atoms with van der Waals surface area (Å²) in [4.78, 5) is 41.4. The molecule has 2 aliphatic rings. The molecule has 3 rings (SSSR count). The van der Waals surface area contributed by atoms with Crippen molar-refractivity contribution in [3.63, 3.8) is 0 Å². The van der Waals surface area contributed by atoms with Crippen LogP contribution in [0.1, 0.15) is 105 Å². The predicted octanol–water partition coefficient (Wildman–Crippen LogP) is 6.98. The van der Waals surface area contributed by atoms with Gasteiger partial charge in [0.15, 0.2) is 24.0 Å². The van der Waals surface area contributed by atoms with Gasteiger partial charge in [0.2, 0.25) is 5.96 Å². The average Bonchev–Trinajstić information content (AvgIpc) is 3.41. The number of amidine groups is 1. The number of carbonyl (C=O) groups excluding carboxylic acids is 2. The summed E-state index contributed by atoms with van der Waals surface area (Å²) in [6.07, 6.45) is 6.50. The number of unbranched alkanes of at least 4 members (excludes halogenated alkanes) is 5. The highest BCUT2D eigenvalue weighted by Gasteiger charge is 2.35. The highest BCUT2D eigenvalue weighted by atomic mass is 19.1. The van der Waals surface area contributed by atoms with Crippen molar-refractivity contribution in [2.45, 2.75) is 117 Å². The van der Waals surface area contributed by atoms with Gasteiger partial charge in [-0.3, -0.25) is 5.32 Å². The zero-order chi connectivity index (χ0) is 32.3. The summed E-state index contributed by atoms with van der Waals surface area (Å²) in [6, 6.07) is 4.23. The smallest absolute Gasteiger partial charge is 0.437 e. The van der Waals surface area contributed by atoms with Gasteiger partial charge in [-0.1, -0.05) is 44.2 Å². The lowest BCUT2D eigenvalue weighted by Crippen LogP contribution is -2.51. The Hall–Kier alpha value is -3.70. The van der Waals surface area contributed by atoms with Gasteiger partial charge >= 0.3 is 12.2 Å². The fraction of sp³-hybridized carbons (Fsp3) is 0.656.